The molecule has 1 aromatic rings. The maximum atomic E-state index is 12.4. The Bertz CT molecular complexity index is 560. The van der Waals surface area contributed by atoms with Crippen molar-refractivity contribution in [3.63, 3.8) is 0 Å². The van der Waals surface area contributed by atoms with Gasteiger partial charge in [-0.1, -0.05) is 38.2 Å². The van der Waals surface area contributed by atoms with Gasteiger partial charge in [-0.15, -0.1) is 0 Å². The number of methoxy groups -OCH3 is 1. The van der Waals surface area contributed by atoms with Gasteiger partial charge in [-0.2, -0.15) is 8.78 Å². The molecule has 0 aliphatic heterocycles. The van der Waals surface area contributed by atoms with Crippen LogP contribution in [0.3, 0.4) is 0 Å². The van der Waals surface area contributed by atoms with Crippen LogP contribution in [0.1, 0.15) is 56.9 Å². The Labute approximate surface area is 154 Å². The minimum atomic E-state index is -2.90. The number of nitrogens with one attached hydrogen (secondary N) is 1. The van der Waals surface area contributed by atoms with Gasteiger partial charge in [0.15, 0.2) is 11.5 Å². The Morgan fingerprint density at radius 3 is 2.69 bits per heavy atom. The summed E-state index contributed by atoms with van der Waals surface area (Å²) in [5.74, 6) is 1.13. The van der Waals surface area contributed by atoms with Crippen LogP contribution >= 0.6 is 0 Å². The van der Waals surface area contributed by atoms with E-state index in [1.54, 1.807) is 12.1 Å². The first-order valence-electron chi connectivity index (χ1n) is 9.47. The number of alkyl halides is 2. The molecular formula is C20H29F2NO3. The third kappa shape index (κ3) is 7.18. The number of benzene rings is 1. The Hall–Kier alpha value is -1.85. The molecule has 1 fully saturated rings. The molecule has 0 aromatic heterocycles. The fourth-order valence-corrected chi connectivity index (χ4v) is 3.53. The fraction of sp³-hybridized carbons (Fsp3) is 0.650. The lowest BCUT2D eigenvalue weighted by atomic mass is 9.86. The molecule has 1 aliphatic rings. The molecule has 1 N–H and O–H groups in total. The molecule has 0 heterocycles. The number of carbonyl (C=O) groups is 1. The lowest BCUT2D eigenvalue weighted by Crippen LogP contribution is -2.25. The zero-order valence-corrected chi connectivity index (χ0v) is 15.4. The van der Waals surface area contributed by atoms with Gasteiger partial charge in [0, 0.05) is 13.0 Å². The van der Waals surface area contributed by atoms with E-state index in [0.29, 0.717) is 19.4 Å². The van der Waals surface area contributed by atoms with Crippen molar-refractivity contribution >= 4 is 5.91 Å². The van der Waals surface area contributed by atoms with Crippen LogP contribution in [0, 0.1) is 5.92 Å². The quantitative estimate of drug-likeness (QED) is 0.650. The molecule has 0 radical (unpaired) electrons. The predicted octanol–water partition coefficient (Wildman–Crippen LogP) is 4.71. The molecule has 0 spiro atoms. The first-order valence-corrected chi connectivity index (χ1v) is 9.47. The van der Waals surface area contributed by atoms with Crippen LogP contribution in [0.2, 0.25) is 0 Å². The summed E-state index contributed by atoms with van der Waals surface area (Å²) < 4.78 is 34.4. The predicted molar refractivity (Wildman–Crippen MR) is 96.8 cm³/mol. The maximum Gasteiger partial charge on any atom is 0.387 e. The van der Waals surface area contributed by atoms with Crippen LogP contribution < -0.4 is 14.8 Å². The number of halogens is 2. The lowest BCUT2D eigenvalue weighted by Gasteiger charge is -2.21. The first kappa shape index (κ1) is 20.5. The monoisotopic (exact) mass is 369 g/mol. The second-order valence-electron chi connectivity index (χ2n) is 6.86. The van der Waals surface area contributed by atoms with Gasteiger partial charge in [0.2, 0.25) is 5.91 Å². The number of carbonyl (C=O) groups excluding carboxylic acids is 1. The minimum absolute atomic E-state index is 0.0128. The molecule has 0 unspecified atom stereocenters. The molecule has 26 heavy (non-hydrogen) atoms. The molecule has 1 aliphatic carbocycles. The number of amides is 1. The number of hydrogen-bond acceptors (Lipinski definition) is 3. The van der Waals surface area contributed by atoms with E-state index in [9.17, 15) is 13.6 Å². The molecule has 0 bridgehead atoms. The van der Waals surface area contributed by atoms with Crippen LogP contribution in [0.5, 0.6) is 11.5 Å². The van der Waals surface area contributed by atoms with E-state index in [-0.39, 0.29) is 17.4 Å². The number of hydrogen-bond donors (Lipinski definition) is 1. The summed E-state index contributed by atoms with van der Waals surface area (Å²) in [5.41, 5.74) is 0.809. The van der Waals surface area contributed by atoms with Gasteiger partial charge in [-0.05, 0) is 42.9 Å². The normalized spacial score (nSPS) is 15.1. The van der Waals surface area contributed by atoms with Gasteiger partial charge in [0.25, 0.3) is 0 Å². The third-order valence-electron chi connectivity index (χ3n) is 4.92. The largest absolute Gasteiger partial charge is 0.493 e. The van der Waals surface area contributed by atoms with Gasteiger partial charge < -0.3 is 14.8 Å². The Balaban J connectivity index is 1.68. The standard InChI is InChI=1S/C20H29F2NO3/c1-25-17-11-10-16(14-18(17)26-20(21)22)12-13-23-19(24)9-5-8-15-6-3-2-4-7-15/h10-11,14-15,20H,2-9,12-13H2,1H3,(H,23,24). The molecule has 1 amide bonds. The van der Waals surface area contributed by atoms with Crippen LogP contribution in [0.4, 0.5) is 8.78 Å². The second-order valence-corrected chi connectivity index (χ2v) is 6.86. The Morgan fingerprint density at radius 1 is 1.23 bits per heavy atom. The molecular weight excluding hydrogens is 340 g/mol. The van der Waals surface area contributed by atoms with Crippen LogP contribution in [-0.2, 0) is 11.2 Å². The van der Waals surface area contributed by atoms with Crippen LogP contribution in [-0.4, -0.2) is 26.2 Å². The van der Waals surface area contributed by atoms with Gasteiger partial charge >= 0.3 is 6.61 Å². The minimum Gasteiger partial charge on any atom is -0.493 e. The highest BCUT2D eigenvalue weighted by molar-refractivity contribution is 5.75. The van der Waals surface area contributed by atoms with E-state index in [0.717, 1.165) is 24.3 Å². The molecule has 146 valence electrons. The van der Waals surface area contributed by atoms with E-state index < -0.39 is 6.61 Å². The average Bonchev–Trinajstić information content (AvgIpc) is 2.62. The highest BCUT2D eigenvalue weighted by atomic mass is 19.3. The molecule has 0 atom stereocenters. The highest BCUT2D eigenvalue weighted by Crippen LogP contribution is 2.30. The van der Waals surface area contributed by atoms with Gasteiger partial charge in [-0.25, -0.2) is 0 Å². The van der Waals surface area contributed by atoms with E-state index in [1.165, 1.54) is 45.3 Å². The molecule has 6 heteroatoms. The fourth-order valence-electron chi connectivity index (χ4n) is 3.53. The number of rotatable bonds is 10. The van der Waals surface area contributed by atoms with E-state index >= 15 is 0 Å². The smallest absolute Gasteiger partial charge is 0.387 e. The van der Waals surface area contributed by atoms with Crippen molar-refractivity contribution in [2.45, 2.75) is 64.4 Å². The van der Waals surface area contributed by atoms with Crippen molar-refractivity contribution in [3.05, 3.63) is 23.8 Å². The zero-order chi connectivity index (χ0) is 18.8. The summed E-state index contributed by atoms with van der Waals surface area (Å²) in [5, 5.41) is 2.90. The average molecular weight is 369 g/mol. The molecule has 2 rings (SSSR count). The molecule has 1 aromatic carbocycles. The molecule has 4 nitrogen and oxygen atoms in total. The van der Waals surface area contributed by atoms with Gasteiger partial charge in [-0.3, -0.25) is 4.79 Å². The van der Waals surface area contributed by atoms with Crippen LogP contribution in [0.15, 0.2) is 18.2 Å². The third-order valence-corrected chi connectivity index (χ3v) is 4.92. The van der Waals surface area contributed by atoms with Crippen molar-refractivity contribution in [3.8, 4) is 11.5 Å². The van der Waals surface area contributed by atoms with Crippen LogP contribution in [0.25, 0.3) is 0 Å². The van der Waals surface area contributed by atoms with Crippen molar-refractivity contribution in [1.82, 2.24) is 5.32 Å². The zero-order valence-electron chi connectivity index (χ0n) is 15.4. The van der Waals surface area contributed by atoms with Crippen molar-refractivity contribution in [1.29, 1.82) is 0 Å². The van der Waals surface area contributed by atoms with E-state index in [4.69, 9.17) is 4.74 Å². The van der Waals surface area contributed by atoms with Crippen molar-refractivity contribution in [2.24, 2.45) is 5.92 Å². The van der Waals surface area contributed by atoms with Crippen molar-refractivity contribution < 1.29 is 23.0 Å². The molecule has 0 saturated heterocycles. The molecule has 1 saturated carbocycles. The maximum absolute atomic E-state index is 12.4. The Kier molecular flexibility index (Phi) is 8.65. The topological polar surface area (TPSA) is 47.6 Å². The van der Waals surface area contributed by atoms with E-state index in [2.05, 4.69) is 10.1 Å². The van der Waals surface area contributed by atoms with Gasteiger partial charge in [0.05, 0.1) is 7.11 Å². The first-order chi connectivity index (χ1) is 12.6. The van der Waals surface area contributed by atoms with Gasteiger partial charge in [0.1, 0.15) is 0 Å². The number of ether oxygens (including phenoxy) is 2. The van der Waals surface area contributed by atoms with E-state index in [1.807, 2.05) is 0 Å². The lowest BCUT2D eigenvalue weighted by molar-refractivity contribution is -0.121. The second kappa shape index (κ2) is 11.0. The Morgan fingerprint density at radius 2 is 2.00 bits per heavy atom. The summed E-state index contributed by atoms with van der Waals surface area (Å²) in [4.78, 5) is 11.9. The highest BCUT2D eigenvalue weighted by Gasteiger charge is 2.14. The summed E-state index contributed by atoms with van der Waals surface area (Å²) in [6, 6.07) is 4.91. The SMILES string of the molecule is COc1ccc(CCNC(=O)CCCC2CCCCC2)cc1OC(F)F. The summed E-state index contributed by atoms with van der Waals surface area (Å²) in [7, 11) is 1.40. The van der Waals surface area contributed by atoms with Crippen molar-refractivity contribution in [2.75, 3.05) is 13.7 Å². The summed E-state index contributed by atoms with van der Waals surface area (Å²) >= 11 is 0. The summed E-state index contributed by atoms with van der Waals surface area (Å²) in [6.45, 7) is -2.43. The summed E-state index contributed by atoms with van der Waals surface area (Å²) in [6.07, 6.45) is 9.81.